The Morgan fingerprint density at radius 3 is 2.42 bits per heavy atom. The fourth-order valence-electron chi connectivity index (χ4n) is 5.56. The minimum absolute atomic E-state index is 0.0483. The van der Waals surface area contributed by atoms with Crippen molar-refractivity contribution in [3.8, 4) is 16.9 Å². The van der Waals surface area contributed by atoms with E-state index in [2.05, 4.69) is 13.0 Å². The molecule has 0 spiro atoms. The standard InChI is InChI=1S/C32H31FN4O2S/c1-21-9-8-12-26(22(21)2)37-32-29(30(34-37)23-10-4-3-5-11-23)31(24-13-15-25(33)16-14-24)40-20-28(39)36(32)19-27(38)35-17-6-7-18-35/h3-5,8-16,31H,6-7,17-20H2,1-2H3/t31-/m1/s1. The molecule has 6 nitrogen and oxygen atoms in total. The average Bonchev–Trinajstić information content (AvgIpc) is 3.61. The number of thioether (sulfide) groups is 1. The Labute approximate surface area is 237 Å². The number of likely N-dealkylation sites (tertiary alicyclic amines) is 1. The van der Waals surface area contributed by atoms with Gasteiger partial charge >= 0.3 is 0 Å². The normalized spacial score (nSPS) is 17.2. The first kappa shape index (κ1) is 26.3. The van der Waals surface area contributed by atoms with Crippen molar-refractivity contribution in [2.45, 2.75) is 31.9 Å². The zero-order valence-electron chi connectivity index (χ0n) is 22.6. The molecule has 1 saturated heterocycles. The van der Waals surface area contributed by atoms with E-state index in [1.54, 1.807) is 17.0 Å². The minimum Gasteiger partial charge on any atom is -0.341 e. The Bertz CT molecular complexity index is 1560. The maximum absolute atomic E-state index is 14.0. The molecule has 204 valence electrons. The highest BCUT2D eigenvalue weighted by molar-refractivity contribution is 8.00. The Morgan fingerprint density at radius 2 is 1.70 bits per heavy atom. The van der Waals surface area contributed by atoms with Gasteiger partial charge in [0.1, 0.15) is 18.2 Å². The fourth-order valence-corrected chi connectivity index (χ4v) is 6.76. The lowest BCUT2D eigenvalue weighted by Gasteiger charge is -2.26. The van der Waals surface area contributed by atoms with E-state index in [4.69, 9.17) is 5.10 Å². The van der Waals surface area contributed by atoms with Gasteiger partial charge in [0.15, 0.2) is 0 Å². The van der Waals surface area contributed by atoms with Gasteiger partial charge in [0, 0.05) is 24.2 Å². The second kappa shape index (κ2) is 10.9. The molecule has 1 fully saturated rings. The van der Waals surface area contributed by atoms with Crippen molar-refractivity contribution in [3.05, 3.63) is 101 Å². The molecule has 2 amide bonds. The van der Waals surface area contributed by atoms with Gasteiger partial charge in [-0.05, 0) is 61.6 Å². The van der Waals surface area contributed by atoms with Gasteiger partial charge in [0.05, 0.1) is 22.4 Å². The van der Waals surface area contributed by atoms with Crippen LogP contribution in [0.5, 0.6) is 0 Å². The van der Waals surface area contributed by atoms with Crippen LogP contribution >= 0.6 is 11.8 Å². The van der Waals surface area contributed by atoms with Crippen molar-refractivity contribution >= 4 is 29.4 Å². The van der Waals surface area contributed by atoms with Crippen molar-refractivity contribution in [1.29, 1.82) is 0 Å². The molecule has 4 aromatic rings. The third kappa shape index (κ3) is 4.81. The van der Waals surface area contributed by atoms with E-state index in [1.165, 1.54) is 23.9 Å². The number of carbonyl (C=O) groups is 2. The Kier molecular flexibility index (Phi) is 7.19. The summed E-state index contributed by atoms with van der Waals surface area (Å²) in [6.07, 6.45) is 1.96. The first-order chi connectivity index (χ1) is 19.4. The molecule has 3 aromatic carbocycles. The summed E-state index contributed by atoms with van der Waals surface area (Å²) in [5, 5.41) is 4.88. The molecule has 1 aromatic heterocycles. The molecule has 6 rings (SSSR count). The molecule has 0 radical (unpaired) electrons. The Balaban J connectivity index is 1.63. The summed E-state index contributed by atoms with van der Waals surface area (Å²) in [4.78, 5) is 30.8. The van der Waals surface area contributed by atoms with Crippen molar-refractivity contribution < 1.29 is 14.0 Å². The number of aromatic nitrogens is 2. The second-order valence-corrected chi connectivity index (χ2v) is 11.5. The van der Waals surface area contributed by atoms with Gasteiger partial charge in [-0.3, -0.25) is 14.5 Å². The highest BCUT2D eigenvalue weighted by Gasteiger charge is 2.38. The predicted molar refractivity (Wildman–Crippen MR) is 157 cm³/mol. The predicted octanol–water partition coefficient (Wildman–Crippen LogP) is 6.09. The van der Waals surface area contributed by atoms with Crippen LogP contribution in [0.2, 0.25) is 0 Å². The summed E-state index contributed by atoms with van der Waals surface area (Å²) < 4.78 is 15.8. The van der Waals surface area contributed by atoms with Gasteiger partial charge in [-0.25, -0.2) is 9.07 Å². The Hall–Kier alpha value is -3.91. The van der Waals surface area contributed by atoms with Crippen LogP contribution in [0.15, 0.2) is 72.8 Å². The van der Waals surface area contributed by atoms with Crippen molar-refractivity contribution in [3.63, 3.8) is 0 Å². The number of amides is 2. The summed E-state index contributed by atoms with van der Waals surface area (Å²) in [5.74, 6) is 0.271. The van der Waals surface area contributed by atoms with Gasteiger partial charge in [-0.15, -0.1) is 11.8 Å². The molecule has 2 aliphatic heterocycles. The number of rotatable bonds is 5. The van der Waals surface area contributed by atoms with E-state index < -0.39 is 0 Å². The van der Waals surface area contributed by atoms with Gasteiger partial charge in [-0.2, -0.15) is 5.10 Å². The quantitative estimate of drug-likeness (QED) is 0.300. The molecule has 1 atom stereocenters. The van der Waals surface area contributed by atoms with E-state index in [9.17, 15) is 14.0 Å². The molecule has 0 N–H and O–H groups in total. The average molecular weight is 555 g/mol. The van der Waals surface area contributed by atoms with Crippen LogP contribution in [-0.4, -0.2) is 51.9 Å². The molecule has 0 unspecified atom stereocenters. The molecule has 0 saturated carbocycles. The number of halogens is 1. The van der Waals surface area contributed by atoms with Crippen molar-refractivity contribution in [1.82, 2.24) is 14.7 Å². The van der Waals surface area contributed by atoms with Gasteiger partial charge in [0.2, 0.25) is 11.8 Å². The van der Waals surface area contributed by atoms with E-state index in [-0.39, 0.29) is 35.2 Å². The zero-order chi connectivity index (χ0) is 27.8. The first-order valence-corrected chi connectivity index (χ1v) is 14.7. The fraction of sp³-hybridized carbons (Fsp3) is 0.281. The molecular weight excluding hydrogens is 523 g/mol. The van der Waals surface area contributed by atoms with Crippen LogP contribution in [0.3, 0.4) is 0 Å². The number of nitrogens with zero attached hydrogens (tertiary/aromatic N) is 4. The summed E-state index contributed by atoms with van der Waals surface area (Å²) in [5.41, 5.74) is 6.39. The van der Waals surface area contributed by atoms with Crippen LogP contribution < -0.4 is 4.90 Å². The summed E-state index contributed by atoms with van der Waals surface area (Å²) in [6, 6.07) is 22.4. The van der Waals surface area contributed by atoms with E-state index in [0.29, 0.717) is 18.9 Å². The minimum atomic E-state index is -0.314. The maximum Gasteiger partial charge on any atom is 0.242 e. The number of benzene rings is 3. The summed E-state index contributed by atoms with van der Waals surface area (Å²) in [6.45, 7) is 5.48. The van der Waals surface area contributed by atoms with E-state index in [0.717, 1.165) is 52.0 Å². The van der Waals surface area contributed by atoms with Gasteiger partial charge in [-0.1, -0.05) is 54.6 Å². The van der Waals surface area contributed by atoms with Crippen LogP contribution in [-0.2, 0) is 9.59 Å². The second-order valence-electron chi connectivity index (χ2n) is 10.4. The van der Waals surface area contributed by atoms with Crippen LogP contribution in [0.1, 0.15) is 40.3 Å². The smallest absolute Gasteiger partial charge is 0.242 e. The van der Waals surface area contributed by atoms with Crippen molar-refractivity contribution in [2.75, 3.05) is 30.3 Å². The molecule has 2 aliphatic rings. The number of fused-ring (bicyclic) bond motifs is 1. The lowest BCUT2D eigenvalue weighted by atomic mass is 9.99. The first-order valence-electron chi connectivity index (χ1n) is 13.6. The van der Waals surface area contributed by atoms with Crippen LogP contribution in [0.4, 0.5) is 10.2 Å². The molecule has 8 heteroatoms. The molecule has 40 heavy (non-hydrogen) atoms. The molecular formula is C32H31FN4O2S. The largest absolute Gasteiger partial charge is 0.341 e. The van der Waals surface area contributed by atoms with E-state index in [1.807, 2.05) is 59.0 Å². The maximum atomic E-state index is 14.0. The van der Waals surface area contributed by atoms with Crippen LogP contribution in [0.25, 0.3) is 16.9 Å². The monoisotopic (exact) mass is 554 g/mol. The molecule has 0 aliphatic carbocycles. The lowest BCUT2D eigenvalue weighted by Crippen LogP contribution is -2.43. The third-order valence-corrected chi connectivity index (χ3v) is 9.12. The SMILES string of the molecule is Cc1cccc(-n2nc(-c3ccccc3)c3c2N(CC(=O)N2CCCC2)C(=O)CS[C@@H]3c2ccc(F)cc2)c1C. The highest BCUT2D eigenvalue weighted by Crippen LogP contribution is 2.48. The lowest BCUT2D eigenvalue weighted by molar-refractivity contribution is -0.130. The third-order valence-electron chi connectivity index (χ3n) is 7.87. The molecule has 3 heterocycles. The number of hydrogen-bond acceptors (Lipinski definition) is 4. The number of hydrogen-bond donors (Lipinski definition) is 0. The Morgan fingerprint density at radius 1 is 0.975 bits per heavy atom. The summed E-state index contributed by atoms with van der Waals surface area (Å²) >= 11 is 1.49. The van der Waals surface area contributed by atoms with Crippen molar-refractivity contribution in [2.24, 2.45) is 0 Å². The van der Waals surface area contributed by atoms with Gasteiger partial charge < -0.3 is 4.90 Å². The number of aryl methyl sites for hydroxylation is 1. The molecule has 0 bridgehead atoms. The van der Waals surface area contributed by atoms with Crippen LogP contribution in [0, 0.1) is 19.7 Å². The van der Waals surface area contributed by atoms with Gasteiger partial charge in [0.25, 0.3) is 0 Å². The number of carbonyl (C=O) groups excluding carboxylic acids is 2. The summed E-state index contributed by atoms with van der Waals surface area (Å²) in [7, 11) is 0. The number of anilines is 1. The zero-order valence-corrected chi connectivity index (χ0v) is 23.5. The highest BCUT2D eigenvalue weighted by atomic mass is 32.2. The van der Waals surface area contributed by atoms with E-state index >= 15 is 0 Å². The topological polar surface area (TPSA) is 58.4 Å².